The third kappa shape index (κ3) is 5.98. The highest BCUT2D eigenvalue weighted by Gasteiger charge is 2.23. The lowest BCUT2D eigenvalue weighted by atomic mass is 10.1. The van der Waals surface area contributed by atoms with Crippen molar-refractivity contribution in [2.24, 2.45) is 0 Å². The maximum atomic E-state index is 6.10. The van der Waals surface area contributed by atoms with E-state index in [1.807, 2.05) is 0 Å². The summed E-state index contributed by atoms with van der Waals surface area (Å²) in [5, 5.41) is 0. The second-order valence-electron chi connectivity index (χ2n) is 7.34. The van der Waals surface area contributed by atoms with E-state index in [0.717, 1.165) is 32.9 Å². The van der Waals surface area contributed by atoms with Gasteiger partial charge in [-0.3, -0.25) is 4.90 Å². The zero-order valence-corrected chi connectivity index (χ0v) is 14.8. The van der Waals surface area contributed by atoms with Crippen LogP contribution in [0, 0.1) is 0 Å². The largest absolute Gasteiger partial charge is 0.376 e. The van der Waals surface area contributed by atoms with E-state index in [0.29, 0.717) is 18.3 Å². The van der Waals surface area contributed by atoms with Crippen LogP contribution in [0.2, 0.25) is 0 Å². The summed E-state index contributed by atoms with van der Waals surface area (Å²) in [5.41, 5.74) is 0. The minimum Gasteiger partial charge on any atom is -0.376 e. The number of piperidine rings is 1. The van der Waals surface area contributed by atoms with Crippen molar-refractivity contribution in [1.82, 2.24) is 9.80 Å². The summed E-state index contributed by atoms with van der Waals surface area (Å²) in [6.45, 7) is 11.7. The smallest absolute Gasteiger partial charge is 0.0808 e. The lowest BCUT2D eigenvalue weighted by Crippen LogP contribution is -2.46. The Kier molecular flexibility index (Phi) is 7.14. The lowest BCUT2D eigenvalue weighted by molar-refractivity contribution is -0.0757. The summed E-state index contributed by atoms with van der Waals surface area (Å²) >= 11 is 0. The van der Waals surface area contributed by atoms with Gasteiger partial charge >= 0.3 is 0 Å². The van der Waals surface area contributed by atoms with Gasteiger partial charge in [0.2, 0.25) is 0 Å². The number of morpholine rings is 1. The molecule has 0 aliphatic carbocycles. The quantitative estimate of drug-likeness (QED) is 0.743. The van der Waals surface area contributed by atoms with Crippen molar-refractivity contribution in [1.29, 1.82) is 0 Å². The first-order valence-corrected chi connectivity index (χ1v) is 9.59. The Balaban J connectivity index is 1.26. The van der Waals surface area contributed by atoms with E-state index in [2.05, 4.69) is 16.7 Å². The highest BCUT2D eigenvalue weighted by molar-refractivity contribution is 4.76. The highest BCUT2D eigenvalue weighted by atomic mass is 16.5. The van der Waals surface area contributed by atoms with Crippen LogP contribution in [0.3, 0.4) is 0 Å². The normalized spacial score (nSPS) is 32.2. The number of hydrogen-bond donors (Lipinski definition) is 0. The number of rotatable bonds is 6. The minimum atomic E-state index is 0.352. The van der Waals surface area contributed by atoms with Crippen LogP contribution < -0.4 is 0 Å². The van der Waals surface area contributed by atoms with Crippen molar-refractivity contribution in [2.75, 3.05) is 59.1 Å². The van der Waals surface area contributed by atoms with Gasteiger partial charge in [-0.1, -0.05) is 0 Å². The molecular formula is C18H34N2O3. The molecule has 2 atom stereocenters. The maximum absolute atomic E-state index is 6.10. The molecule has 0 N–H and O–H groups in total. The van der Waals surface area contributed by atoms with Crippen LogP contribution >= 0.6 is 0 Å². The summed E-state index contributed by atoms with van der Waals surface area (Å²) in [7, 11) is 0. The number of hydrogen-bond acceptors (Lipinski definition) is 5. The lowest BCUT2D eigenvalue weighted by Gasteiger charge is -2.36. The van der Waals surface area contributed by atoms with Gasteiger partial charge in [-0.2, -0.15) is 0 Å². The molecule has 5 nitrogen and oxygen atoms in total. The van der Waals surface area contributed by atoms with Crippen molar-refractivity contribution >= 4 is 0 Å². The van der Waals surface area contributed by atoms with E-state index >= 15 is 0 Å². The van der Waals surface area contributed by atoms with Gasteiger partial charge in [0, 0.05) is 45.9 Å². The first-order valence-electron chi connectivity index (χ1n) is 9.59. The molecule has 3 aliphatic rings. The molecule has 3 rings (SSSR count). The van der Waals surface area contributed by atoms with Gasteiger partial charge in [0.15, 0.2) is 0 Å². The van der Waals surface area contributed by atoms with Crippen LogP contribution in [-0.4, -0.2) is 87.2 Å². The van der Waals surface area contributed by atoms with Gasteiger partial charge < -0.3 is 19.1 Å². The van der Waals surface area contributed by atoms with Crippen molar-refractivity contribution in [3.8, 4) is 0 Å². The standard InChI is InChI=1S/C18H34N2O3/c1-16-14-20(11-13-21-16)10-9-19-7-5-17(6-8-19)23-15-18-4-2-3-12-22-18/h16-18H,2-15H2,1H3/t16-,18+/m0/s1. The topological polar surface area (TPSA) is 34.2 Å². The highest BCUT2D eigenvalue weighted by Crippen LogP contribution is 2.18. The molecule has 0 spiro atoms. The van der Waals surface area contributed by atoms with E-state index in [4.69, 9.17) is 14.2 Å². The molecule has 0 aromatic carbocycles. The number of nitrogens with zero attached hydrogens (tertiary/aromatic N) is 2. The third-order valence-electron chi connectivity index (χ3n) is 5.38. The monoisotopic (exact) mass is 326 g/mol. The summed E-state index contributed by atoms with van der Waals surface area (Å²) in [4.78, 5) is 5.13. The Labute approximate surface area is 141 Å². The summed E-state index contributed by atoms with van der Waals surface area (Å²) < 4.78 is 17.5. The predicted molar refractivity (Wildman–Crippen MR) is 90.9 cm³/mol. The average Bonchev–Trinajstić information content (AvgIpc) is 2.60. The van der Waals surface area contributed by atoms with Crippen molar-refractivity contribution in [3.05, 3.63) is 0 Å². The third-order valence-corrected chi connectivity index (χ3v) is 5.38. The first kappa shape index (κ1) is 17.6. The summed E-state index contributed by atoms with van der Waals surface area (Å²) in [5.74, 6) is 0. The van der Waals surface area contributed by atoms with E-state index in [1.54, 1.807) is 0 Å². The Hall–Kier alpha value is -0.200. The molecule has 0 bridgehead atoms. The molecule has 3 fully saturated rings. The Morgan fingerprint density at radius 3 is 2.48 bits per heavy atom. The second kappa shape index (κ2) is 9.33. The number of ether oxygens (including phenoxy) is 3. The van der Waals surface area contributed by atoms with Crippen LogP contribution in [0.15, 0.2) is 0 Å². The summed E-state index contributed by atoms with van der Waals surface area (Å²) in [6.07, 6.45) is 7.23. The van der Waals surface area contributed by atoms with E-state index in [1.165, 1.54) is 58.3 Å². The molecular weight excluding hydrogens is 292 g/mol. The van der Waals surface area contributed by atoms with E-state index in [9.17, 15) is 0 Å². The zero-order chi connectivity index (χ0) is 15.9. The van der Waals surface area contributed by atoms with Gasteiger partial charge in [0.25, 0.3) is 0 Å². The average molecular weight is 326 g/mol. The number of likely N-dealkylation sites (tertiary alicyclic amines) is 1. The molecule has 5 heteroatoms. The van der Waals surface area contributed by atoms with Crippen molar-refractivity contribution < 1.29 is 14.2 Å². The van der Waals surface area contributed by atoms with Gasteiger partial charge in [0.05, 0.1) is 31.5 Å². The van der Waals surface area contributed by atoms with Crippen LogP contribution in [0.25, 0.3) is 0 Å². The SMILES string of the molecule is C[C@H]1CN(CCN2CCC(OC[C@H]3CCCCO3)CC2)CCO1. The fourth-order valence-corrected chi connectivity index (χ4v) is 3.86. The Bertz CT molecular complexity index is 328. The molecule has 23 heavy (non-hydrogen) atoms. The van der Waals surface area contributed by atoms with Crippen LogP contribution in [0.5, 0.6) is 0 Å². The second-order valence-corrected chi connectivity index (χ2v) is 7.34. The van der Waals surface area contributed by atoms with E-state index < -0.39 is 0 Å². The molecule has 0 saturated carbocycles. The van der Waals surface area contributed by atoms with Gasteiger partial charge in [-0.15, -0.1) is 0 Å². The van der Waals surface area contributed by atoms with Crippen LogP contribution in [0.1, 0.15) is 39.0 Å². The maximum Gasteiger partial charge on any atom is 0.0808 e. The molecule has 0 amide bonds. The molecule has 0 aromatic heterocycles. The van der Waals surface area contributed by atoms with Crippen molar-refractivity contribution in [3.63, 3.8) is 0 Å². The van der Waals surface area contributed by atoms with Crippen molar-refractivity contribution in [2.45, 2.75) is 57.3 Å². The zero-order valence-electron chi connectivity index (χ0n) is 14.8. The molecule has 0 unspecified atom stereocenters. The van der Waals surface area contributed by atoms with Gasteiger partial charge in [0.1, 0.15) is 0 Å². The molecule has 3 aliphatic heterocycles. The van der Waals surface area contributed by atoms with Gasteiger partial charge in [-0.05, 0) is 39.0 Å². The predicted octanol–water partition coefficient (Wildman–Crippen LogP) is 1.76. The fourth-order valence-electron chi connectivity index (χ4n) is 3.86. The molecule has 0 aromatic rings. The fraction of sp³-hybridized carbons (Fsp3) is 1.00. The van der Waals surface area contributed by atoms with E-state index in [-0.39, 0.29) is 0 Å². The summed E-state index contributed by atoms with van der Waals surface area (Å²) in [6, 6.07) is 0. The van der Waals surface area contributed by atoms with Crippen LogP contribution in [-0.2, 0) is 14.2 Å². The molecule has 0 radical (unpaired) electrons. The Morgan fingerprint density at radius 1 is 0.913 bits per heavy atom. The molecule has 134 valence electrons. The Morgan fingerprint density at radius 2 is 1.74 bits per heavy atom. The first-order chi connectivity index (χ1) is 11.3. The van der Waals surface area contributed by atoms with Crippen LogP contribution in [0.4, 0.5) is 0 Å². The van der Waals surface area contributed by atoms with Gasteiger partial charge in [-0.25, -0.2) is 0 Å². The molecule has 3 heterocycles. The molecule has 3 saturated heterocycles. The minimum absolute atomic E-state index is 0.352.